The highest BCUT2D eigenvalue weighted by atomic mass is 15.1. The van der Waals surface area contributed by atoms with Gasteiger partial charge in [0.15, 0.2) is 0 Å². The van der Waals surface area contributed by atoms with Crippen LogP contribution in [0.1, 0.15) is 24.1 Å². The number of imidazole rings is 1. The lowest BCUT2D eigenvalue weighted by Crippen LogP contribution is -2.21. The molecule has 100 valence electrons. The molecule has 2 aromatic rings. The first-order valence-corrected chi connectivity index (χ1v) is 6.94. The number of nitrogens with one attached hydrogen (secondary N) is 2. The summed E-state index contributed by atoms with van der Waals surface area (Å²) in [5, 5.41) is 3.47. The molecule has 1 aliphatic rings. The van der Waals surface area contributed by atoms with Crippen LogP contribution in [0, 0.1) is 0 Å². The third kappa shape index (κ3) is 2.96. The van der Waals surface area contributed by atoms with E-state index in [4.69, 9.17) is 0 Å². The van der Waals surface area contributed by atoms with Gasteiger partial charge in [0, 0.05) is 43.8 Å². The van der Waals surface area contributed by atoms with E-state index < -0.39 is 0 Å². The highest BCUT2D eigenvalue weighted by Crippen LogP contribution is 2.24. The van der Waals surface area contributed by atoms with Crippen molar-refractivity contribution in [1.29, 1.82) is 0 Å². The average Bonchev–Trinajstić information content (AvgIpc) is 3.12. The number of nitrogens with zero attached hydrogens (tertiary/aromatic N) is 2. The monoisotopic (exact) mass is 256 g/mol. The maximum atomic E-state index is 4.02. The molecule has 1 aliphatic heterocycles. The molecule has 0 saturated carbocycles. The summed E-state index contributed by atoms with van der Waals surface area (Å²) < 4.78 is 0. The number of hydrogen-bond donors (Lipinski definition) is 2. The summed E-state index contributed by atoms with van der Waals surface area (Å²) in [7, 11) is 0. The van der Waals surface area contributed by atoms with Gasteiger partial charge < -0.3 is 15.2 Å². The SMILES string of the molecule is c1ccc(N2CCCC2)c(CNCc2cnc[nH]2)c1. The Kier molecular flexibility index (Phi) is 3.79. The molecule has 3 rings (SSSR count). The number of hydrogen-bond acceptors (Lipinski definition) is 3. The van der Waals surface area contributed by atoms with Gasteiger partial charge in [-0.15, -0.1) is 0 Å². The summed E-state index contributed by atoms with van der Waals surface area (Å²) >= 11 is 0. The van der Waals surface area contributed by atoms with Crippen LogP contribution in [0.4, 0.5) is 5.69 Å². The van der Waals surface area contributed by atoms with Crippen molar-refractivity contribution >= 4 is 5.69 Å². The molecule has 19 heavy (non-hydrogen) atoms. The number of aromatic nitrogens is 2. The van der Waals surface area contributed by atoms with Gasteiger partial charge in [0.1, 0.15) is 0 Å². The number of H-pyrrole nitrogens is 1. The summed E-state index contributed by atoms with van der Waals surface area (Å²) in [6, 6.07) is 8.70. The molecule has 0 amide bonds. The molecule has 2 N–H and O–H groups in total. The summed E-state index contributed by atoms with van der Waals surface area (Å²) in [5.41, 5.74) is 3.89. The molecule has 4 nitrogen and oxygen atoms in total. The number of para-hydroxylation sites is 1. The van der Waals surface area contributed by atoms with Crippen molar-refractivity contribution in [2.45, 2.75) is 25.9 Å². The van der Waals surface area contributed by atoms with Crippen LogP contribution >= 0.6 is 0 Å². The molecular weight excluding hydrogens is 236 g/mol. The van der Waals surface area contributed by atoms with Gasteiger partial charge >= 0.3 is 0 Å². The Morgan fingerprint density at radius 1 is 1.16 bits per heavy atom. The van der Waals surface area contributed by atoms with Gasteiger partial charge in [-0.1, -0.05) is 18.2 Å². The van der Waals surface area contributed by atoms with Gasteiger partial charge in [0.25, 0.3) is 0 Å². The zero-order chi connectivity index (χ0) is 12.9. The zero-order valence-corrected chi connectivity index (χ0v) is 11.1. The van der Waals surface area contributed by atoms with E-state index in [9.17, 15) is 0 Å². The van der Waals surface area contributed by atoms with Gasteiger partial charge in [-0.2, -0.15) is 0 Å². The molecule has 2 heterocycles. The van der Waals surface area contributed by atoms with Gasteiger partial charge in [-0.05, 0) is 24.5 Å². The van der Waals surface area contributed by atoms with E-state index in [1.165, 1.54) is 37.2 Å². The molecule has 0 unspecified atom stereocenters. The lowest BCUT2D eigenvalue weighted by Gasteiger charge is -2.21. The van der Waals surface area contributed by atoms with E-state index in [0.29, 0.717) is 0 Å². The predicted molar refractivity (Wildman–Crippen MR) is 77.0 cm³/mol. The lowest BCUT2D eigenvalue weighted by atomic mass is 10.1. The van der Waals surface area contributed by atoms with Crippen molar-refractivity contribution in [1.82, 2.24) is 15.3 Å². The number of anilines is 1. The van der Waals surface area contributed by atoms with Crippen LogP contribution in [0.3, 0.4) is 0 Å². The van der Waals surface area contributed by atoms with Crippen LogP contribution in [-0.4, -0.2) is 23.1 Å². The van der Waals surface area contributed by atoms with Crippen LogP contribution < -0.4 is 10.2 Å². The van der Waals surface area contributed by atoms with Crippen molar-refractivity contribution in [3.63, 3.8) is 0 Å². The molecule has 0 radical (unpaired) electrons. The molecule has 0 aliphatic carbocycles. The van der Waals surface area contributed by atoms with Crippen molar-refractivity contribution in [2.75, 3.05) is 18.0 Å². The second-order valence-corrected chi connectivity index (χ2v) is 5.00. The molecule has 1 saturated heterocycles. The maximum Gasteiger partial charge on any atom is 0.0922 e. The Morgan fingerprint density at radius 3 is 2.79 bits per heavy atom. The minimum Gasteiger partial charge on any atom is -0.371 e. The van der Waals surface area contributed by atoms with E-state index in [2.05, 4.69) is 44.5 Å². The first-order valence-electron chi connectivity index (χ1n) is 6.94. The van der Waals surface area contributed by atoms with Crippen LogP contribution in [0.15, 0.2) is 36.8 Å². The van der Waals surface area contributed by atoms with Crippen molar-refractivity contribution in [3.05, 3.63) is 48.0 Å². The Morgan fingerprint density at radius 2 is 2.00 bits per heavy atom. The quantitative estimate of drug-likeness (QED) is 0.862. The van der Waals surface area contributed by atoms with E-state index in [1.54, 1.807) is 6.33 Å². The van der Waals surface area contributed by atoms with Crippen molar-refractivity contribution in [2.24, 2.45) is 0 Å². The smallest absolute Gasteiger partial charge is 0.0922 e. The van der Waals surface area contributed by atoms with Gasteiger partial charge in [0.05, 0.1) is 6.33 Å². The predicted octanol–water partition coefficient (Wildman–Crippen LogP) is 2.30. The fourth-order valence-electron chi connectivity index (χ4n) is 2.64. The topological polar surface area (TPSA) is 44.0 Å². The molecule has 1 aromatic carbocycles. The summed E-state index contributed by atoms with van der Waals surface area (Å²) in [5.74, 6) is 0. The summed E-state index contributed by atoms with van der Waals surface area (Å²) in [6.45, 7) is 4.11. The molecule has 0 bridgehead atoms. The second kappa shape index (κ2) is 5.89. The summed E-state index contributed by atoms with van der Waals surface area (Å²) in [4.78, 5) is 9.63. The molecule has 1 fully saturated rings. The van der Waals surface area contributed by atoms with Crippen molar-refractivity contribution in [3.8, 4) is 0 Å². The Bertz CT molecular complexity index is 501. The molecular formula is C15H20N4. The highest BCUT2D eigenvalue weighted by molar-refractivity contribution is 5.54. The van der Waals surface area contributed by atoms with E-state index in [1.807, 2.05) is 6.20 Å². The van der Waals surface area contributed by atoms with Gasteiger partial charge in [-0.3, -0.25) is 0 Å². The van der Waals surface area contributed by atoms with Crippen LogP contribution in [-0.2, 0) is 13.1 Å². The fourth-order valence-corrected chi connectivity index (χ4v) is 2.64. The van der Waals surface area contributed by atoms with Crippen LogP contribution in [0.2, 0.25) is 0 Å². The van der Waals surface area contributed by atoms with E-state index in [0.717, 1.165) is 18.8 Å². The minimum atomic E-state index is 0.828. The van der Waals surface area contributed by atoms with Crippen molar-refractivity contribution < 1.29 is 0 Å². The first-order chi connectivity index (χ1) is 9.43. The number of aromatic amines is 1. The second-order valence-electron chi connectivity index (χ2n) is 5.00. The first kappa shape index (κ1) is 12.2. The minimum absolute atomic E-state index is 0.828. The van der Waals surface area contributed by atoms with E-state index in [-0.39, 0.29) is 0 Å². The molecule has 0 atom stereocenters. The standard InChI is InChI=1S/C15H20N4/c1-2-6-15(19-7-3-4-8-19)13(5-1)9-16-10-14-11-17-12-18-14/h1-2,5-6,11-12,16H,3-4,7-10H2,(H,17,18). The molecule has 0 spiro atoms. The molecule has 4 heteroatoms. The van der Waals surface area contributed by atoms with Gasteiger partial charge in [-0.25, -0.2) is 4.98 Å². The third-order valence-electron chi connectivity index (χ3n) is 3.62. The molecule has 1 aromatic heterocycles. The third-order valence-corrected chi connectivity index (χ3v) is 3.62. The number of benzene rings is 1. The highest BCUT2D eigenvalue weighted by Gasteiger charge is 2.14. The lowest BCUT2D eigenvalue weighted by molar-refractivity contribution is 0.680. The fraction of sp³-hybridized carbons (Fsp3) is 0.400. The largest absolute Gasteiger partial charge is 0.371 e. The normalized spacial score (nSPS) is 15.1. The zero-order valence-electron chi connectivity index (χ0n) is 11.1. The van der Waals surface area contributed by atoms with Crippen LogP contribution in [0.25, 0.3) is 0 Å². The summed E-state index contributed by atoms with van der Waals surface area (Å²) in [6.07, 6.45) is 6.21. The van der Waals surface area contributed by atoms with E-state index >= 15 is 0 Å². The van der Waals surface area contributed by atoms with Crippen LogP contribution in [0.5, 0.6) is 0 Å². The Hall–Kier alpha value is -1.81. The Labute approximate surface area is 113 Å². The Balaban J connectivity index is 1.63. The average molecular weight is 256 g/mol. The number of rotatable bonds is 5. The maximum absolute atomic E-state index is 4.02. The van der Waals surface area contributed by atoms with Gasteiger partial charge in [0.2, 0.25) is 0 Å².